The van der Waals surface area contributed by atoms with Crippen LogP contribution in [0.2, 0.25) is 0 Å². The molecular formula is C31H34N6O. The van der Waals surface area contributed by atoms with Gasteiger partial charge in [0, 0.05) is 42.7 Å². The molecule has 0 spiro atoms. The number of fused-ring (bicyclic) bond motifs is 1. The van der Waals surface area contributed by atoms with Crippen LogP contribution in [0.1, 0.15) is 28.2 Å². The molecule has 7 nitrogen and oxygen atoms in total. The van der Waals surface area contributed by atoms with Gasteiger partial charge in [-0.25, -0.2) is 9.67 Å². The number of nitrogens with zero attached hydrogens (tertiary/aromatic N) is 4. The zero-order valence-corrected chi connectivity index (χ0v) is 21.7. The Morgan fingerprint density at radius 2 is 1.71 bits per heavy atom. The molecule has 1 fully saturated rings. The smallest absolute Gasteiger partial charge is 0.137 e. The molecule has 7 heteroatoms. The molecule has 1 unspecified atom stereocenters. The first-order valence-electron chi connectivity index (χ1n) is 13.3. The van der Waals surface area contributed by atoms with Crippen molar-refractivity contribution >= 4 is 10.9 Å². The summed E-state index contributed by atoms with van der Waals surface area (Å²) in [5, 5.41) is 20.6. The zero-order chi connectivity index (χ0) is 26.0. The molecule has 3 heterocycles. The summed E-state index contributed by atoms with van der Waals surface area (Å²) in [5.41, 5.74) is 5.24. The second-order valence-corrected chi connectivity index (χ2v) is 10.5. The van der Waals surface area contributed by atoms with Gasteiger partial charge in [-0.15, -0.1) is 0 Å². The van der Waals surface area contributed by atoms with Crippen LogP contribution < -0.4 is 5.32 Å². The van der Waals surface area contributed by atoms with Gasteiger partial charge in [-0.2, -0.15) is 5.10 Å². The van der Waals surface area contributed by atoms with Crippen LogP contribution >= 0.6 is 0 Å². The molecule has 0 amide bonds. The first kappa shape index (κ1) is 24.6. The summed E-state index contributed by atoms with van der Waals surface area (Å²) < 4.78 is 1.84. The second kappa shape index (κ2) is 10.5. The largest absolute Gasteiger partial charge is 0.386 e. The number of aromatic amines is 1. The molecule has 5 aromatic rings. The average Bonchev–Trinajstić information content (AvgIpc) is 3.60. The van der Waals surface area contributed by atoms with Gasteiger partial charge in [-0.3, -0.25) is 4.90 Å². The van der Waals surface area contributed by atoms with Crippen molar-refractivity contribution in [2.45, 2.75) is 30.5 Å². The number of hydrogen-bond acceptors (Lipinski definition) is 5. The van der Waals surface area contributed by atoms with Crippen LogP contribution in [0.4, 0.5) is 0 Å². The van der Waals surface area contributed by atoms with Crippen molar-refractivity contribution in [3.63, 3.8) is 0 Å². The Labute approximate surface area is 223 Å². The Morgan fingerprint density at radius 3 is 2.32 bits per heavy atom. The maximum absolute atomic E-state index is 11.8. The summed E-state index contributed by atoms with van der Waals surface area (Å²) in [6, 6.07) is 27.7. The summed E-state index contributed by atoms with van der Waals surface area (Å²) in [5.74, 6) is 0.0479. The number of aromatic nitrogens is 4. The zero-order valence-electron chi connectivity index (χ0n) is 21.7. The minimum atomic E-state index is -0.809. The average molecular weight is 507 g/mol. The number of benzene rings is 3. The van der Waals surface area contributed by atoms with E-state index in [1.165, 1.54) is 27.6 Å². The molecular weight excluding hydrogens is 472 g/mol. The van der Waals surface area contributed by atoms with Gasteiger partial charge in [0.25, 0.3) is 0 Å². The highest BCUT2D eigenvalue weighted by atomic mass is 16.3. The Bertz CT molecular complexity index is 1420. The Morgan fingerprint density at radius 1 is 1.00 bits per heavy atom. The first-order chi connectivity index (χ1) is 18.6. The standard InChI is InChI=1S/C31H34N6O/c1-36(15-14-26-17-34-28-13-12-23(16-27(26)28)18-37-22-33-21-35-37)30(31(38)19-32-20-31)29(24-8-4-2-5-9-24)25-10-6-3-7-11-25/h2-13,16-17,21-22,29-30,32,34,38H,14-15,18-20H2,1H3. The molecule has 0 radical (unpaired) electrons. The van der Waals surface area contributed by atoms with Gasteiger partial charge in [0.15, 0.2) is 0 Å². The second-order valence-electron chi connectivity index (χ2n) is 10.5. The quantitative estimate of drug-likeness (QED) is 0.268. The van der Waals surface area contributed by atoms with Crippen molar-refractivity contribution in [2.75, 3.05) is 26.7 Å². The SMILES string of the molecule is CN(CCc1c[nH]c2ccc(Cn3cncn3)cc12)C(C(c1ccccc1)c1ccccc1)C1(O)CNC1. The minimum absolute atomic E-state index is 0.0479. The molecule has 3 N–H and O–H groups in total. The minimum Gasteiger partial charge on any atom is -0.386 e. The van der Waals surface area contributed by atoms with Crippen molar-refractivity contribution < 1.29 is 5.11 Å². The Balaban J connectivity index is 1.28. The van der Waals surface area contributed by atoms with Crippen LogP contribution in [0.5, 0.6) is 0 Å². The van der Waals surface area contributed by atoms with E-state index in [1.54, 1.807) is 12.7 Å². The topological polar surface area (TPSA) is 82.0 Å². The number of rotatable bonds is 10. The fraction of sp³-hybridized carbons (Fsp3) is 0.290. The van der Waals surface area contributed by atoms with Crippen molar-refractivity contribution in [1.82, 2.24) is 30.0 Å². The fourth-order valence-electron chi connectivity index (χ4n) is 5.91. The Hall–Kier alpha value is -3.78. The van der Waals surface area contributed by atoms with E-state index in [4.69, 9.17) is 0 Å². The normalized spacial score (nSPS) is 15.7. The van der Waals surface area contributed by atoms with Crippen molar-refractivity contribution in [2.24, 2.45) is 0 Å². The predicted octanol–water partition coefficient (Wildman–Crippen LogP) is 3.82. The van der Waals surface area contributed by atoms with E-state index in [2.05, 4.69) is 117 Å². The third-order valence-electron chi connectivity index (χ3n) is 7.90. The highest BCUT2D eigenvalue weighted by Gasteiger charge is 2.48. The summed E-state index contributed by atoms with van der Waals surface area (Å²) in [6.45, 7) is 2.70. The lowest BCUT2D eigenvalue weighted by Crippen LogP contribution is -2.70. The van der Waals surface area contributed by atoms with E-state index in [1.807, 2.05) is 4.68 Å². The fourth-order valence-corrected chi connectivity index (χ4v) is 5.91. The molecule has 1 atom stereocenters. The summed E-state index contributed by atoms with van der Waals surface area (Å²) >= 11 is 0. The summed E-state index contributed by atoms with van der Waals surface area (Å²) in [4.78, 5) is 9.86. The third-order valence-corrected chi connectivity index (χ3v) is 7.90. The molecule has 0 bridgehead atoms. The number of hydrogen-bond donors (Lipinski definition) is 3. The number of nitrogens with one attached hydrogen (secondary N) is 2. The molecule has 38 heavy (non-hydrogen) atoms. The van der Waals surface area contributed by atoms with Crippen LogP contribution in [0.25, 0.3) is 10.9 Å². The van der Waals surface area contributed by atoms with Gasteiger partial charge >= 0.3 is 0 Å². The van der Waals surface area contributed by atoms with Crippen LogP contribution in [-0.2, 0) is 13.0 Å². The van der Waals surface area contributed by atoms with Crippen molar-refractivity contribution in [1.29, 1.82) is 0 Å². The number of H-pyrrole nitrogens is 1. The molecule has 2 aromatic heterocycles. The summed E-state index contributed by atoms with van der Waals surface area (Å²) in [7, 11) is 2.16. The van der Waals surface area contributed by atoms with Crippen LogP contribution in [0.15, 0.2) is 97.7 Å². The predicted molar refractivity (Wildman–Crippen MR) is 150 cm³/mol. The van der Waals surface area contributed by atoms with Crippen molar-refractivity contribution in [3.8, 4) is 0 Å². The highest BCUT2D eigenvalue weighted by Crippen LogP contribution is 2.38. The van der Waals surface area contributed by atoms with Gasteiger partial charge in [0.2, 0.25) is 0 Å². The van der Waals surface area contributed by atoms with Crippen LogP contribution in [0.3, 0.4) is 0 Å². The van der Waals surface area contributed by atoms with Crippen molar-refractivity contribution in [3.05, 3.63) is 120 Å². The van der Waals surface area contributed by atoms with E-state index < -0.39 is 5.60 Å². The van der Waals surface area contributed by atoms with E-state index in [-0.39, 0.29) is 12.0 Å². The molecule has 1 saturated heterocycles. The lowest BCUT2D eigenvalue weighted by Gasteiger charge is -2.51. The van der Waals surface area contributed by atoms with E-state index in [0.29, 0.717) is 19.6 Å². The van der Waals surface area contributed by atoms with E-state index in [0.717, 1.165) is 18.5 Å². The lowest BCUT2D eigenvalue weighted by atomic mass is 9.73. The van der Waals surface area contributed by atoms with E-state index >= 15 is 0 Å². The monoisotopic (exact) mass is 506 g/mol. The summed E-state index contributed by atoms with van der Waals surface area (Å²) in [6.07, 6.45) is 6.31. The highest BCUT2D eigenvalue weighted by molar-refractivity contribution is 5.84. The molecule has 1 aliphatic heterocycles. The van der Waals surface area contributed by atoms with Gasteiger partial charge in [0.05, 0.1) is 12.6 Å². The molecule has 1 aliphatic rings. The molecule has 6 rings (SSSR count). The number of aliphatic hydroxyl groups is 1. The maximum Gasteiger partial charge on any atom is 0.137 e. The first-order valence-corrected chi connectivity index (χ1v) is 13.3. The maximum atomic E-state index is 11.8. The van der Waals surface area contributed by atoms with Gasteiger partial charge in [-0.05, 0) is 47.9 Å². The third kappa shape index (κ3) is 4.88. The van der Waals surface area contributed by atoms with Crippen LogP contribution in [0, 0.1) is 0 Å². The Kier molecular flexibility index (Phi) is 6.81. The molecule has 0 aliphatic carbocycles. The van der Waals surface area contributed by atoms with Gasteiger partial charge < -0.3 is 15.4 Å². The van der Waals surface area contributed by atoms with Gasteiger partial charge in [0.1, 0.15) is 18.3 Å². The number of β-amino-alcohol motifs (C(OH)–C–C–N with tert-alkyl or cyclic N) is 1. The lowest BCUT2D eigenvalue weighted by molar-refractivity contribution is -0.0822. The number of likely N-dealkylation sites (N-methyl/N-ethyl adjacent to an activating group) is 1. The van der Waals surface area contributed by atoms with E-state index in [9.17, 15) is 5.11 Å². The van der Waals surface area contributed by atoms with Crippen LogP contribution in [-0.4, -0.2) is 68.1 Å². The molecule has 194 valence electrons. The molecule has 0 saturated carbocycles. The molecule has 3 aromatic carbocycles. The van der Waals surface area contributed by atoms with Gasteiger partial charge in [-0.1, -0.05) is 66.7 Å².